The van der Waals surface area contributed by atoms with Gasteiger partial charge in [-0.25, -0.2) is 0 Å². The molecule has 5 saturated heterocycles. The summed E-state index contributed by atoms with van der Waals surface area (Å²) in [6.07, 6.45) is -44.2. The van der Waals surface area contributed by atoms with Crippen molar-refractivity contribution in [2.24, 2.45) is 5.11 Å². The van der Waals surface area contributed by atoms with Crippen LogP contribution in [-0.4, -0.2) is 268 Å². The summed E-state index contributed by atoms with van der Waals surface area (Å²) < 4.78 is 49.3. The van der Waals surface area contributed by atoms with E-state index in [-0.39, 0.29) is 0 Å². The summed E-state index contributed by atoms with van der Waals surface area (Å²) in [6, 6.07) is -1.44. The first kappa shape index (κ1) is 47.4. The second-order valence-corrected chi connectivity index (χ2v) is 14.2. The Balaban J connectivity index is 1.23. The largest absolute Gasteiger partial charge is 0.394 e. The highest BCUT2D eigenvalue weighted by Crippen LogP contribution is 2.35. The van der Waals surface area contributed by atoms with E-state index < -0.39 is 187 Å². The van der Waals surface area contributed by atoms with Crippen LogP contribution in [0.3, 0.4) is 0 Å². The molecule has 28 nitrogen and oxygen atoms in total. The maximum absolute atomic E-state index is 11.1. The molecule has 0 aromatic rings. The second kappa shape index (κ2) is 20.5. The summed E-state index contributed by atoms with van der Waals surface area (Å²) in [6.45, 7) is -4.54. The maximum Gasteiger partial charge on any atom is 0.187 e. The number of aliphatic hydroxyl groups excluding tert-OH is 16. The van der Waals surface area contributed by atoms with E-state index in [1.807, 2.05) is 0 Å². The van der Waals surface area contributed by atoms with Crippen molar-refractivity contribution in [3.8, 4) is 0 Å². The summed E-state index contributed by atoms with van der Waals surface area (Å²) >= 11 is 0. The first-order valence-corrected chi connectivity index (χ1v) is 18.0. The summed E-state index contributed by atoms with van der Waals surface area (Å²) in [5.74, 6) is 0. The molecule has 0 saturated carbocycles. The first-order chi connectivity index (χ1) is 27.6. The Hall–Kier alpha value is -1.69. The molecule has 25 atom stereocenters. The van der Waals surface area contributed by atoms with Gasteiger partial charge in [-0.2, -0.15) is 0 Å². The lowest BCUT2D eigenvalue weighted by Gasteiger charge is -2.49. The van der Waals surface area contributed by atoms with Crippen molar-refractivity contribution in [2.75, 3.05) is 33.0 Å². The maximum atomic E-state index is 11.1. The lowest BCUT2D eigenvalue weighted by atomic mass is 9.95. The predicted octanol–water partition coefficient (Wildman–Crippen LogP) is -10.6. The van der Waals surface area contributed by atoms with E-state index in [1.165, 1.54) is 0 Å². The standard InChI is InChI=1S/C30H51N3O25/c31-33-32-11-6(1-34)51-27(18(45)12(11)39)56-23-8(3-36)53-29(20(47)14(23)41)58-25-10(5-38)54-30(21(48)16(25)43)57-24-9(4-37)52-28(19(46)15(24)42)55-22-7(2-35)50-26(49)17(44)13(22)40/h6-30,34-49H,1-5H2/t6?,7?,8?,9?,10?,11-,12+,13-,14-,15-,16-,17?,18?,19?,20?,21?,22-,23-,24-,25-,26?,27-,28-,29-,30-/m1/s1. The zero-order chi connectivity index (χ0) is 42.7. The summed E-state index contributed by atoms with van der Waals surface area (Å²) in [7, 11) is 0. The van der Waals surface area contributed by atoms with E-state index in [0.717, 1.165) is 0 Å². The van der Waals surface area contributed by atoms with E-state index in [4.69, 9.17) is 48.2 Å². The van der Waals surface area contributed by atoms with E-state index in [1.54, 1.807) is 0 Å². The molecule has 0 aliphatic carbocycles. The molecule has 11 unspecified atom stereocenters. The monoisotopic (exact) mass is 853 g/mol. The van der Waals surface area contributed by atoms with Crippen molar-refractivity contribution in [1.82, 2.24) is 0 Å². The van der Waals surface area contributed by atoms with Gasteiger partial charge < -0.3 is 124 Å². The second-order valence-electron chi connectivity index (χ2n) is 14.2. The molecule has 28 heteroatoms. The molecule has 0 spiro atoms. The van der Waals surface area contributed by atoms with Crippen molar-refractivity contribution < 1.29 is 124 Å². The molecule has 0 radical (unpaired) electrons. The lowest BCUT2D eigenvalue weighted by Crippen LogP contribution is -2.68. The minimum atomic E-state index is -2.13. The van der Waals surface area contributed by atoms with Crippen molar-refractivity contribution >= 4 is 0 Å². The Labute approximate surface area is 326 Å². The van der Waals surface area contributed by atoms with Crippen LogP contribution in [0, 0.1) is 0 Å². The number of azide groups is 1. The molecule has 336 valence electrons. The molecule has 5 heterocycles. The Morgan fingerprint density at radius 1 is 0.379 bits per heavy atom. The van der Waals surface area contributed by atoms with Crippen molar-refractivity contribution in [2.45, 2.75) is 153 Å². The Kier molecular flexibility index (Phi) is 16.7. The summed E-state index contributed by atoms with van der Waals surface area (Å²) in [5, 5.41) is 170. The number of aliphatic hydroxyl groups is 16. The fourth-order valence-electron chi connectivity index (χ4n) is 7.24. The molecular weight excluding hydrogens is 802 g/mol. The molecule has 0 amide bonds. The fourth-order valence-corrected chi connectivity index (χ4v) is 7.24. The minimum Gasteiger partial charge on any atom is -0.394 e. The smallest absolute Gasteiger partial charge is 0.187 e. The number of rotatable bonds is 14. The SMILES string of the molecule is [N-]=[N+]=N[C@@H]1C(CO)O[C@H](O[C@@H]2C(CO)O[C@H](O[C@@H]3C(CO)O[C@H](O[C@@H]4C(CO)O[C@H](O[C@@H]5C(CO)OC(O)C(O)[C@H]5O)C(O)[C@H]4O)C(O)[C@H]3O)C(O)[C@H]2O)C(O)[C@H]1O. The van der Waals surface area contributed by atoms with Gasteiger partial charge in [0, 0.05) is 4.91 Å². The molecule has 5 aliphatic heterocycles. The Morgan fingerprint density at radius 2 is 0.655 bits per heavy atom. The fraction of sp³-hybridized carbons (Fsp3) is 1.00. The van der Waals surface area contributed by atoms with Crippen LogP contribution >= 0.6 is 0 Å². The van der Waals surface area contributed by atoms with Gasteiger partial charge in [-0.1, -0.05) is 5.11 Å². The van der Waals surface area contributed by atoms with Crippen molar-refractivity contribution in [3.63, 3.8) is 0 Å². The summed E-state index contributed by atoms with van der Waals surface area (Å²) in [5.41, 5.74) is 8.76. The predicted molar refractivity (Wildman–Crippen MR) is 173 cm³/mol. The van der Waals surface area contributed by atoms with Crippen LogP contribution in [0.15, 0.2) is 5.11 Å². The average Bonchev–Trinajstić information content (AvgIpc) is 3.22. The van der Waals surface area contributed by atoms with E-state index in [0.29, 0.717) is 0 Å². The zero-order valence-electron chi connectivity index (χ0n) is 30.1. The highest BCUT2D eigenvalue weighted by atomic mass is 16.8. The van der Waals surface area contributed by atoms with Crippen LogP contribution < -0.4 is 0 Å². The third-order valence-electron chi connectivity index (χ3n) is 10.5. The van der Waals surface area contributed by atoms with Crippen LogP contribution in [-0.2, 0) is 42.6 Å². The van der Waals surface area contributed by atoms with Gasteiger partial charge in [-0.3, -0.25) is 0 Å². The third kappa shape index (κ3) is 9.52. The van der Waals surface area contributed by atoms with Gasteiger partial charge >= 0.3 is 0 Å². The van der Waals surface area contributed by atoms with Gasteiger partial charge in [-0.05, 0) is 5.53 Å². The highest BCUT2D eigenvalue weighted by molar-refractivity contribution is 4.99. The van der Waals surface area contributed by atoms with Crippen molar-refractivity contribution in [3.05, 3.63) is 10.4 Å². The molecule has 5 rings (SSSR count). The van der Waals surface area contributed by atoms with Gasteiger partial charge in [0.2, 0.25) is 0 Å². The average molecular weight is 854 g/mol. The van der Waals surface area contributed by atoms with Crippen molar-refractivity contribution in [1.29, 1.82) is 0 Å². The lowest BCUT2D eigenvalue weighted by molar-refractivity contribution is -0.392. The van der Waals surface area contributed by atoms with Crippen LogP contribution in [0.4, 0.5) is 0 Å². The number of ether oxygens (including phenoxy) is 9. The van der Waals surface area contributed by atoms with Gasteiger partial charge in [-0.15, -0.1) is 0 Å². The van der Waals surface area contributed by atoms with E-state index in [2.05, 4.69) is 10.0 Å². The van der Waals surface area contributed by atoms with Gasteiger partial charge in [0.25, 0.3) is 0 Å². The molecule has 0 aromatic carbocycles. The number of hydrogen-bond donors (Lipinski definition) is 16. The molecule has 0 aromatic heterocycles. The summed E-state index contributed by atoms with van der Waals surface area (Å²) in [4.78, 5) is 2.53. The van der Waals surface area contributed by atoms with E-state index in [9.17, 15) is 81.7 Å². The van der Waals surface area contributed by atoms with Crippen LogP contribution in [0.1, 0.15) is 0 Å². The molecule has 0 bridgehead atoms. The molecule has 16 N–H and O–H groups in total. The molecule has 5 aliphatic rings. The van der Waals surface area contributed by atoms with Gasteiger partial charge in [0.1, 0.15) is 104 Å². The topological polar surface area (TPSA) is 456 Å². The zero-order valence-corrected chi connectivity index (χ0v) is 30.1. The minimum absolute atomic E-state index is 0.808. The number of hydrogen-bond acceptors (Lipinski definition) is 26. The van der Waals surface area contributed by atoms with Gasteiger partial charge in [0.15, 0.2) is 31.5 Å². The highest BCUT2D eigenvalue weighted by Gasteiger charge is 2.56. The van der Waals surface area contributed by atoms with Crippen LogP contribution in [0.25, 0.3) is 10.4 Å². The third-order valence-corrected chi connectivity index (χ3v) is 10.5. The van der Waals surface area contributed by atoms with E-state index >= 15 is 0 Å². The molecule has 58 heavy (non-hydrogen) atoms. The Bertz CT molecular complexity index is 1330. The normalized spacial score (nSPS) is 51.6. The molecule has 5 fully saturated rings. The van der Waals surface area contributed by atoms with Crippen LogP contribution in [0.2, 0.25) is 0 Å². The van der Waals surface area contributed by atoms with Crippen LogP contribution in [0.5, 0.6) is 0 Å². The Morgan fingerprint density at radius 3 is 0.966 bits per heavy atom. The first-order valence-electron chi connectivity index (χ1n) is 18.0. The number of nitrogens with zero attached hydrogens (tertiary/aromatic N) is 3. The van der Waals surface area contributed by atoms with Gasteiger partial charge in [0.05, 0.1) is 51.3 Å². The molecular formula is C30H51N3O25. The quantitative estimate of drug-likeness (QED) is 0.0438.